The van der Waals surface area contributed by atoms with E-state index in [4.69, 9.17) is 0 Å². The van der Waals surface area contributed by atoms with Crippen LogP contribution >= 0.6 is 0 Å². The Balaban J connectivity index is 1.60. The fraction of sp³-hybridized carbons (Fsp3) is 0.588. The molecule has 6 nitrogen and oxygen atoms in total. The number of carbonyl (C=O) groups is 1. The van der Waals surface area contributed by atoms with Crippen LogP contribution in [0.25, 0.3) is 0 Å². The third-order valence-corrected chi connectivity index (χ3v) is 6.51. The van der Waals surface area contributed by atoms with Crippen molar-refractivity contribution in [3.63, 3.8) is 0 Å². The minimum atomic E-state index is -3.44. The smallest absolute Gasteiger partial charge is 0.240 e. The van der Waals surface area contributed by atoms with Gasteiger partial charge in [0.25, 0.3) is 0 Å². The zero-order valence-corrected chi connectivity index (χ0v) is 15.1. The average Bonchev–Trinajstić information content (AvgIpc) is 3.05. The van der Waals surface area contributed by atoms with Crippen molar-refractivity contribution in [2.45, 2.75) is 18.2 Å². The number of sulfonamides is 1. The zero-order chi connectivity index (χ0) is 17.3. The Labute approximate surface area is 143 Å². The van der Waals surface area contributed by atoms with Crippen molar-refractivity contribution in [3.05, 3.63) is 29.8 Å². The van der Waals surface area contributed by atoms with Crippen molar-refractivity contribution < 1.29 is 13.2 Å². The number of rotatable bonds is 5. The molecule has 7 heteroatoms. The molecule has 1 N–H and O–H groups in total. The number of benzene rings is 1. The topological polar surface area (TPSA) is 69.7 Å². The van der Waals surface area contributed by atoms with Gasteiger partial charge in [-0.2, -0.15) is 0 Å². The van der Waals surface area contributed by atoms with Gasteiger partial charge in [0.05, 0.1) is 11.3 Å². The number of fused-ring (bicyclic) bond motifs is 1. The molecule has 0 radical (unpaired) electrons. The quantitative estimate of drug-likeness (QED) is 0.841. The van der Waals surface area contributed by atoms with E-state index in [0.717, 1.165) is 31.7 Å². The first kappa shape index (κ1) is 17.4. The normalized spacial score (nSPS) is 24.3. The molecule has 0 unspecified atom stereocenters. The molecule has 2 atom stereocenters. The summed E-state index contributed by atoms with van der Waals surface area (Å²) in [6.45, 7) is 5.95. The van der Waals surface area contributed by atoms with Crippen LogP contribution < -0.4 is 4.72 Å². The molecule has 0 aliphatic carbocycles. The average molecular weight is 351 g/mol. The minimum absolute atomic E-state index is 0.134. The Morgan fingerprint density at radius 3 is 2.25 bits per heavy atom. The summed E-state index contributed by atoms with van der Waals surface area (Å²) in [4.78, 5) is 17.0. The molecule has 1 aromatic rings. The highest BCUT2D eigenvalue weighted by Gasteiger charge is 2.40. The van der Waals surface area contributed by atoms with E-state index in [0.29, 0.717) is 24.8 Å². The largest absolute Gasteiger partial charge is 0.342 e. The summed E-state index contributed by atoms with van der Waals surface area (Å²) in [5, 5.41) is 0. The molecule has 1 aromatic carbocycles. The molecule has 0 aromatic heterocycles. The molecular formula is C17H25N3O3S. The van der Waals surface area contributed by atoms with Gasteiger partial charge in [0, 0.05) is 32.7 Å². The van der Waals surface area contributed by atoms with Gasteiger partial charge in [0.15, 0.2) is 0 Å². The number of nitrogens with zero attached hydrogens (tertiary/aromatic N) is 2. The number of amides is 1. The molecule has 24 heavy (non-hydrogen) atoms. The second-order valence-corrected chi connectivity index (χ2v) is 8.63. The van der Waals surface area contributed by atoms with Gasteiger partial charge >= 0.3 is 0 Å². The van der Waals surface area contributed by atoms with E-state index in [9.17, 15) is 13.2 Å². The Morgan fingerprint density at radius 1 is 1.12 bits per heavy atom. The molecule has 0 saturated carbocycles. The van der Waals surface area contributed by atoms with Gasteiger partial charge in [-0.1, -0.05) is 19.1 Å². The van der Waals surface area contributed by atoms with Crippen LogP contribution in [0.3, 0.4) is 0 Å². The van der Waals surface area contributed by atoms with Crippen molar-refractivity contribution in [2.75, 3.05) is 39.8 Å². The molecule has 2 aliphatic rings. The molecule has 2 heterocycles. The van der Waals surface area contributed by atoms with E-state index in [-0.39, 0.29) is 10.8 Å². The first-order valence-electron chi connectivity index (χ1n) is 8.44. The van der Waals surface area contributed by atoms with Crippen molar-refractivity contribution in [1.82, 2.24) is 14.5 Å². The van der Waals surface area contributed by atoms with Crippen LogP contribution in [0.4, 0.5) is 0 Å². The van der Waals surface area contributed by atoms with Crippen molar-refractivity contribution in [2.24, 2.45) is 11.8 Å². The lowest BCUT2D eigenvalue weighted by atomic mass is 10.0. The number of hydrogen-bond donors (Lipinski definition) is 1. The van der Waals surface area contributed by atoms with Crippen LogP contribution in [-0.2, 0) is 21.2 Å². The van der Waals surface area contributed by atoms with E-state index in [2.05, 4.69) is 16.7 Å². The second-order valence-electron chi connectivity index (χ2n) is 6.86. The first-order valence-corrected chi connectivity index (χ1v) is 9.92. The Kier molecular flexibility index (Phi) is 4.94. The monoisotopic (exact) mass is 351 g/mol. The van der Waals surface area contributed by atoms with Gasteiger partial charge in [0.1, 0.15) is 0 Å². The Morgan fingerprint density at radius 2 is 1.71 bits per heavy atom. The summed E-state index contributed by atoms with van der Waals surface area (Å²) in [6.07, 6.45) is 0.330. The van der Waals surface area contributed by atoms with Gasteiger partial charge in [0.2, 0.25) is 15.9 Å². The Hall–Kier alpha value is -1.44. The number of likely N-dealkylation sites (tertiary alicyclic amines) is 2. The number of carbonyl (C=O) groups excluding carboxylic acids is 1. The third-order valence-electron chi connectivity index (χ3n) is 4.94. The minimum Gasteiger partial charge on any atom is -0.342 e. The number of nitrogens with one attached hydrogen (secondary N) is 1. The summed E-state index contributed by atoms with van der Waals surface area (Å²) in [7, 11) is -1.30. The summed E-state index contributed by atoms with van der Waals surface area (Å²) in [6, 6.07) is 6.59. The predicted molar refractivity (Wildman–Crippen MR) is 92.1 cm³/mol. The van der Waals surface area contributed by atoms with E-state index < -0.39 is 10.0 Å². The maximum absolute atomic E-state index is 12.5. The lowest BCUT2D eigenvalue weighted by Crippen LogP contribution is -2.33. The van der Waals surface area contributed by atoms with E-state index in [1.807, 2.05) is 4.90 Å². The van der Waals surface area contributed by atoms with Gasteiger partial charge in [-0.05, 0) is 36.6 Å². The van der Waals surface area contributed by atoms with Crippen LogP contribution in [0.15, 0.2) is 29.2 Å². The van der Waals surface area contributed by atoms with Crippen molar-refractivity contribution in [1.29, 1.82) is 0 Å². The number of hydrogen-bond acceptors (Lipinski definition) is 4. The molecule has 2 aliphatic heterocycles. The van der Waals surface area contributed by atoms with Crippen LogP contribution in [0.2, 0.25) is 0 Å². The SMILES string of the molecule is CCNS(=O)(=O)c1ccc(CC(=O)N2C[C@H]3CN(C)C[C@H]3C2)cc1. The molecule has 3 rings (SSSR count). The third kappa shape index (κ3) is 3.63. The lowest BCUT2D eigenvalue weighted by molar-refractivity contribution is -0.129. The summed E-state index contributed by atoms with van der Waals surface area (Å²) >= 11 is 0. The fourth-order valence-corrected chi connectivity index (χ4v) is 4.82. The van der Waals surface area contributed by atoms with Crippen molar-refractivity contribution in [3.8, 4) is 0 Å². The highest BCUT2D eigenvalue weighted by Crippen LogP contribution is 2.30. The van der Waals surface area contributed by atoms with E-state index >= 15 is 0 Å². The molecular weight excluding hydrogens is 326 g/mol. The van der Waals surface area contributed by atoms with Crippen LogP contribution in [0.1, 0.15) is 12.5 Å². The fourth-order valence-electron chi connectivity index (χ4n) is 3.78. The maximum Gasteiger partial charge on any atom is 0.240 e. The van der Waals surface area contributed by atoms with Crippen LogP contribution in [0, 0.1) is 11.8 Å². The molecule has 2 saturated heterocycles. The second kappa shape index (κ2) is 6.82. The molecule has 0 spiro atoms. The lowest BCUT2D eigenvalue weighted by Gasteiger charge is -2.19. The van der Waals surface area contributed by atoms with Crippen molar-refractivity contribution >= 4 is 15.9 Å². The van der Waals surface area contributed by atoms with Gasteiger partial charge in [-0.15, -0.1) is 0 Å². The van der Waals surface area contributed by atoms with Gasteiger partial charge < -0.3 is 9.80 Å². The molecule has 0 bridgehead atoms. The maximum atomic E-state index is 12.5. The van der Waals surface area contributed by atoms with Crippen LogP contribution in [0.5, 0.6) is 0 Å². The summed E-state index contributed by atoms with van der Waals surface area (Å²) in [5.41, 5.74) is 0.852. The Bertz CT molecular complexity index is 688. The first-order chi connectivity index (χ1) is 11.4. The summed E-state index contributed by atoms with van der Waals surface area (Å²) < 4.78 is 26.3. The van der Waals surface area contributed by atoms with Gasteiger partial charge in [-0.25, -0.2) is 13.1 Å². The molecule has 132 valence electrons. The standard InChI is InChI=1S/C17H25N3O3S/c1-3-18-24(22,23)16-6-4-13(5-7-16)8-17(21)20-11-14-9-19(2)10-15(14)12-20/h4-7,14-15,18H,3,8-12H2,1-2H3/t14-,15+. The predicted octanol–water partition coefficient (Wildman–Crippen LogP) is 0.547. The molecule has 1 amide bonds. The van der Waals surface area contributed by atoms with E-state index in [1.165, 1.54) is 0 Å². The highest BCUT2D eigenvalue weighted by atomic mass is 32.2. The highest BCUT2D eigenvalue weighted by molar-refractivity contribution is 7.89. The van der Waals surface area contributed by atoms with Gasteiger partial charge in [-0.3, -0.25) is 4.79 Å². The molecule has 2 fully saturated rings. The zero-order valence-electron chi connectivity index (χ0n) is 14.2. The van der Waals surface area contributed by atoms with Crippen LogP contribution in [-0.4, -0.2) is 63.9 Å². The summed E-state index contributed by atoms with van der Waals surface area (Å²) in [5.74, 6) is 1.34. The van der Waals surface area contributed by atoms with E-state index in [1.54, 1.807) is 31.2 Å².